The lowest BCUT2D eigenvalue weighted by molar-refractivity contribution is 0.169. The van der Waals surface area contributed by atoms with E-state index in [1.165, 1.54) is 0 Å². The Morgan fingerprint density at radius 1 is 1.24 bits per heavy atom. The third-order valence-corrected chi connectivity index (χ3v) is 3.89. The molecule has 5 nitrogen and oxygen atoms in total. The van der Waals surface area contributed by atoms with Crippen LogP contribution < -0.4 is 0 Å². The van der Waals surface area contributed by atoms with Gasteiger partial charge in [0.1, 0.15) is 5.82 Å². The van der Waals surface area contributed by atoms with E-state index in [2.05, 4.69) is 22.5 Å². The van der Waals surface area contributed by atoms with E-state index in [9.17, 15) is 5.11 Å². The number of imidazole rings is 1. The van der Waals surface area contributed by atoms with Crippen molar-refractivity contribution in [2.24, 2.45) is 0 Å². The minimum atomic E-state index is 0.143. The van der Waals surface area contributed by atoms with E-state index in [1.807, 2.05) is 25.2 Å². The molecule has 2 aromatic rings. The van der Waals surface area contributed by atoms with Gasteiger partial charge in [-0.05, 0) is 32.0 Å². The number of hydrogen-bond donors (Lipinski definition) is 2. The molecule has 0 radical (unpaired) electrons. The van der Waals surface area contributed by atoms with E-state index < -0.39 is 0 Å². The molecule has 0 saturated carbocycles. The summed E-state index contributed by atoms with van der Waals surface area (Å²) in [5.74, 6) is 1.02. The Balaban J connectivity index is 2.44. The van der Waals surface area contributed by atoms with Gasteiger partial charge in [0.25, 0.3) is 0 Å². The summed E-state index contributed by atoms with van der Waals surface area (Å²) in [6.07, 6.45) is 1.65. The van der Waals surface area contributed by atoms with Crippen LogP contribution >= 0.6 is 0 Å². The molecular weight excluding hydrogens is 266 g/mol. The lowest BCUT2D eigenvalue weighted by Crippen LogP contribution is -2.29. The topological polar surface area (TPSA) is 61.5 Å². The molecule has 0 fully saturated rings. The number of rotatable bonds is 8. The fourth-order valence-electron chi connectivity index (χ4n) is 2.82. The first-order chi connectivity index (χ1) is 10.2. The van der Waals surface area contributed by atoms with E-state index in [-0.39, 0.29) is 19.3 Å². The molecular formula is C16H25N3O2. The van der Waals surface area contributed by atoms with Gasteiger partial charge in [0.05, 0.1) is 23.7 Å². The van der Waals surface area contributed by atoms with Crippen molar-refractivity contribution in [3.63, 3.8) is 0 Å². The largest absolute Gasteiger partial charge is 0.396 e. The Hall–Kier alpha value is -1.43. The Morgan fingerprint density at radius 3 is 2.67 bits per heavy atom. The maximum Gasteiger partial charge on any atom is 0.127 e. The van der Waals surface area contributed by atoms with Crippen LogP contribution in [0.4, 0.5) is 0 Å². The monoisotopic (exact) mass is 291 g/mol. The SMILES string of the molecule is CCC(c1nc2ccccc2n1CCCO)N(C)CCO. The maximum atomic E-state index is 9.18. The molecule has 0 aliphatic carbocycles. The standard InChI is InChI=1S/C16H25N3O2/c1-3-14(18(2)10-12-21)16-17-13-7-4-5-8-15(13)19(16)9-6-11-20/h4-5,7-8,14,20-21H,3,6,9-12H2,1-2H3. The van der Waals surface area contributed by atoms with Crippen molar-refractivity contribution in [3.8, 4) is 0 Å². The first-order valence-electron chi connectivity index (χ1n) is 7.60. The molecule has 116 valence electrons. The number of hydrogen-bond acceptors (Lipinski definition) is 4. The minimum Gasteiger partial charge on any atom is -0.396 e. The fourth-order valence-corrected chi connectivity index (χ4v) is 2.82. The van der Waals surface area contributed by atoms with Gasteiger partial charge in [-0.2, -0.15) is 0 Å². The molecule has 1 aromatic heterocycles. The van der Waals surface area contributed by atoms with Crippen LogP contribution in [-0.2, 0) is 6.54 Å². The summed E-state index contributed by atoms with van der Waals surface area (Å²) < 4.78 is 2.20. The summed E-state index contributed by atoms with van der Waals surface area (Å²) in [5.41, 5.74) is 2.10. The molecule has 1 aromatic carbocycles. The first-order valence-corrected chi connectivity index (χ1v) is 7.60. The van der Waals surface area contributed by atoms with E-state index in [0.717, 1.165) is 29.8 Å². The molecule has 2 rings (SSSR count). The molecule has 1 unspecified atom stereocenters. The third kappa shape index (κ3) is 3.43. The zero-order chi connectivity index (χ0) is 15.2. The summed E-state index contributed by atoms with van der Waals surface area (Å²) >= 11 is 0. The highest BCUT2D eigenvalue weighted by Crippen LogP contribution is 2.26. The minimum absolute atomic E-state index is 0.143. The highest BCUT2D eigenvalue weighted by Gasteiger charge is 2.22. The van der Waals surface area contributed by atoms with Gasteiger partial charge in [-0.1, -0.05) is 19.1 Å². The summed E-state index contributed by atoms with van der Waals surface area (Å²) in [4.78, 5) is 6.93. The number of nitrogens with zero attached hydrogens (tertiary/aromatic N) is 3. The van der Waals surface area contributed by atoms with Crippen molar-refractivity contribution in [1.82, 2.24) is 14.5 Å². The van der Waals surface area contributed by atoms with Crippen molar-refractivity contribution < 1.29 is 10.2 Å². The van der Waals surface area contributed by atoms with Crippen LogP contribution in [0.3, 0.4) is 0 Å². The molecule has 0 saturated heterocycles. The second kappa shape index (κ2) is 7.54. The Kier molecular flexibility index (Phi) is 5.73. The highest BCUT2D eigenvalue weighted by molar-refractivity contribution is 5.76. The lowest BCUT2D eigenvalue weighted by atomic mass is 10.2. The van der Waals surface area contributed by atoms with Gasteiger partial charge in [0.15, 0.2) is 0 Å². The molecule has 1 heterocycles. The zero-order valence-corrected chi connectivity index (χ0v) is 12.9. The number of aliphatic hydroxyl groups excluding tert-OH is 2. The molecule has 1 atom stereocenters. The van der Waals surface area contributed by atoms with Gasteiger partial charge in [0, 0.05) is 19.7 Å². The normalized spacial score (nSPS) is 13.2. The predicted molar refractivity (Wildman–Crippen MR) is 84.2 cm³/mol. The number of aliphatic hydroxyl groups is 2. The second-order valence-electron chi connectivity index (χ2n) is 5.32. The molecule has 0 amide bonds. The average Bonchev–Trinajstić information content (AvgIpc) is 2.84. The van der Waals surface area contributed by atoms with Crippen LogP contribution in [0, 0.1) is 0 Å². The molecule has 0 aliphatic heterocycles. The number of aryl methyl sites for hydroxylation is 1. The fraction of sp³-hybridized carbons (Fsp3) is 0.562. The lowest BCUT2D eigenvalue weighted by Gasteiger charge is -2.26. The van der Waals surface area contributed by atoms with E-state index >= 15 is 0 Å². The van der Waals surface area contributed by atoms with Crippen molar-refractivity contribution in [2.45, 2.75) is 32.4 Å². The second-order valence-corrected chi connectivity index (χ2v) is 5.32. The smallest absolute Gasteiger partial charge is 0.127 e. The van der Waals surface area contributed by atoms with Gasteiger partial charge >= 0.3 is 0 Å². The van der Waals surface area contributed by atoms with Crippen LogP contribution in [0.15, 0.2) is 24.3 Å². The molecule has 21 heavy (non-hydrogen) atoms. The quantitative estimate of drug-likeness (QED) is 0.778. The predicted octanol–water partition coefficient (Wildman–Crippen LogP) is 1.79. The summed E-state index contributed by atoms with van der Waals surface area (Å²) in [6.45, 7) is 3.84. The summed E-state index contributed by atoms with van der Waals surface area (Å²) in [7, 11) is 2.01. The van der Waals surface area contributed by atoms with E-state index in [4.69, 9.17) is 10.1 Å². The molecule has 5 heteroatoms. The first kappa shape index (κ1) is 15.9. The van der Waals surface area contributed by atoms with Crippen LogP contribution in [0.25, 0.3) is 11.0 Å². The average molecular weight is 291 g/mol. The van der Waals surface area contributed by atoms with Crippen LogP contribution in [-0.4, -0.2) is 51.5 Å². The summed E-state index contributed by atoms with van der Waals surface area (Å²) in [6, 6.07) is 8.27. The molecule has 2 N–H and O–H groups in total. The zero-order valence-electron chi connectivity index (χ0n) is 12.9. The van der Waals surface area contributed by atoms with Gasteiger partial charge in [-0.25, -0.2) is 4.98 Å². The highest BCUT2D eigenvalue weighted by atomic mass is 16.3. The number of likely N-dealkylation sites (N-methyl/N-ethyl adjacent to an activating group) is 1. The van der Waals surface area contributed by atoms with Crippen molar-refractivity contribution >= 4 is 11.0 Å². The third-order valence-electron chi connectivity index (χ3n) is 3.89. The number of benzene rings is 1. The van der Waals surface area contributed by atoms with E-state index in [0.29, 0.717) is 13.0 Å². The van der Waals surface area contributed by atoms with Gasteiger partial charge in [0.2, 0.25) is 0 Å². The number of aromatic nitrogens is 2. The van der Waals surface area contributed by atoms with Gasteiger partial charge in [-0.15, -0.1) is 0 Å². The Morgan fingerprint density at radius 2 is 2.00 bits per heavy atom. The maximum absolute atomic E-state index is 9.18. The summed E-state index contributed by atoms with van der Waals surface area (Å²) in [5, 5.41) is 18.3. The van der Waals surface area contributed by atoms with Crippen molar-refractivity contribution in [2.75, 3.05) is 26.8 Å². The van der Waals surface area contributed by atoms with Gasteiger partial charge in [-0.3, -0.25) is 4.90 Å². The number of para-hydroxylation sites is 2. The van der Waals surface area contributed by atoms with Crippen LogP contribution in [0.5, 0.6) is 0 Å². The van der Waals surface area contributed by atoms with Gasteiger partial charge < -0.3 is 14.8 Å². The van der Waals surface area contributed by atoms with Crippen molar-refractivity contribution in [3.05, 3.63) is 30.1 Å². The van der Waals surface area contributed by atoms with Crippen LogP contribution in [0.1, 0.15) is 31.6 Å². The van der Waals surface area contributed by atoms with Crippen LogP contribution in [0.2, 0.25) is 0 Å². The van der Waals surface area contributed by atoms with E-state index in [1.54, 1.807) is 0 Å². The molecule has 0 aliphatic rings. The Bertz CT molecular complexity index is 568. The van der Waals surface area contributed by atoms with Crippen molar-refractivity contribution in [1.29, 1.82) is 0 Å². The Labute approximate surface area is 125 Å². The molecule has 0 bridgehead atoms. The molecule has 0 spiro atoms. The number of fused-ring (bicyclic) bond motifs is 1.